The lowest BCUT2D eigenvalue weighted by Crippen LogP contribution is -2.20. The van der Waals surface area contributed by atoms with Crippen molar-refractivity contribution in [2.24, 2.45) is 11.8 Å². The summed E-state index contributed by atoms with van der Waals surface area (Å²) < 4.78 is 20.0. The van der Waals surface area contributed by atoms with Crippen LogP contribution in [0.1, 0.15) is 46.0 Å². The first-order valence-corrected chi connectivity index (χ1v) is 12.6. The molecule has 1 aliphatic heterocycles. The summed E-state index contributed by atoms with van der Waals surface area (Å²) in [6.07, 6.45) is 12.5. The number of fused-ring (bicyclic) bond motifs is 3. The van der Waals surface area contributed by atoms with Gasteiger partial charge in [-0.2, -0.15) is 0 Å². The van der Waals surface area contributed by atoms with Crippen molar-refractivity contribution in [2.45, 2.75) is 46.0 Å². The Morgan fingerprint density at radius 3 is 2.52 bits per heavy atom. The first kappa shape index (κ1) is 21.7. The largest absolute Gasteiger partial charge is 0.439 e. The van der Waals surface area contributed by atoms with Gasteiger partial charge in [-0.05, 0) is 61.6 Å². The van der Waals surface area contributed by atoms with Crippen LogP contribution in [0.15, 0.2) is 73.3 Å². The third-order valence-electron chi connectivity index (χ3n) is 5.76. The maximum atomic E-state index is 13.9. The zero-order chi connectivity index (χ0) is 20.7. The van der Waals surface area contributed by atoms with Crippen molar-refractivity contribution in [2.75, 3.05) is 6.16 Å². The minimum absolute atomic E-state index is 0.479. The second-order valence-corrected chi connectivity index (χ2v) is 10.5. The number of para-hydroxylation sites is 1. The molecule has 3 unspecified atom stereocenters. The quantitative estimate of drug-likeness (QED) is 0.299. The molecule has 0 aromatic heterocycles. The van der Waals surface area contributed by atoms with Crippen LogP contribution < -0.4 is 9.83 Å². The molecule has 0 fully saturated rings. The van der Waals surface area contributed by atoms with Crippen molar-refractivity contribution in [1.29, 1.82) is 0 Å². The number of allylic oxidation sites excluding steroid dienone is 3. The van der Waals surface area contributed by atoms with Crippen LogP contribution in [0, 0.1) is 11.8 Å². The lowest BCUT2D eigenvalue weighted by atomic mass is 9.90. The summed E-state index contributed by atoms with van der Waals surface area (Å²) in [5.74, 6) is 1.73. The van der Waals surface area contributed by atoms with Gasteiger partial charge in [-0.1, -0.05) is 68.5 Å². The van der Waals surface area contributed by atoms with E-state index in [-0.39, 0.29) is 0 Å². The third kappa shape index (κ3) is 5.31. The SMILES string of the molecule is C=CC(CC/C=C/CC)CC(C)CCP1(=O)Oc2ccccc2-c2ccccc21. The normalized spacial score (nSPS) is 19.8. The van der Waals surface area contributed by atoms with E-state index in [0.29, 0.717) is 18.0 Å². The molecule has 2 aromatic carbocycles. The van der Waals surface area contributed by atoms with Gasteiger partial charge in [0.1, 0.15) is 5.75 Å². The highest BCUT2D eigenvalue weighted by Gasteiger charge is 2.35. The van der Waals surface area contributed by atoms with Crippen LogP contribution in [-0.2, 0) is 4.57 Å². The minimum atomic E-state index is -2.91. The zero-order valence-electron chi connectivity index (χ0n) is 17.7. The summed E-state index contributed by atoms with van der Waals surface area (Å²) in [4.78, 5) is 0. The van der Waals surface area contributed by atoms with Crippen molar-refractivity contribution in [3.05, 3.63) is 73.3 Å². The Morgan fingerprint density at radius 2 is 1.76 bits per heavy atom. The molecule has 29 heavy (non-hydrogen) atoms. The van der Waals surface area contributed by atoms with E-state index >= 15 is 0 Å². The molecule has 3 atom stereocenters. The first-order valence-electron chi connectivity index (χ1n) is 10.8. The van der Waals surface area contributed by atoms with E-state index in [1.54, 1.807) is 0 Å². The Bertz CT molecular complexity index is 899. The van der Waals surface area contributed by atoms with Gasteiger partial charge in [-0.15, -0.1) is 6.58 Å². The molecule has 0 N–H and O–H groups in total. The van der Waals surface area contributed by atoms with Gasteiger partial charge in [0.2, 0.25) is 0 Å². The van der Waals surface area contributed by atoms with Crippen molar-refractivity contribution >= 4 is 12.7 Å². The fourth-order valence-corrected chi connectivity index (χ4v) is 6.66. The smallest absolute Gasteiger partial charge is 0.277 e. The van der Waals surface area contributed by atoms with Crippen LogP contribution in [0.4, 0.5) is 0 Å². The van der Waals surface area contributed by atoms with Gasteiger partial charge in [0.25, 0.3) is 7.37 Å². The van der Waals surface area contributed by atoms with E-state index < -0.39 is 7.37 Å². The first-order chi connectivity index (χ1) is 14.1. The standard InChI is InChI=1S/C26H33O2P/c1-4-6-7-8-13-22(5-2)20-21(3)18-19-29(27)26-17-12-10-15-24(26)23-14-9-11-16-25(23)28-29/h5-7,9-12,14-17,21-22H,2,4,8,13,18-20H2,1,3H3/b7-6+. The molecule has 0 saturated heterocycles. The third-order valence-corrected chi connectivity index (χ3v) is 8.22. The lowest BCUT2D eigenvalue weighted by Gasteiger charge is -2.29. The Labute approximate surface area is 176 Å². The van der Waals surface area contributed by atoms with E-state index in [1.807, 2.05) is 42.5 Å². The monoisotopic (exact) mass is 408 g/mol. The number of benzene rings is 2. The molecule has 2 aromatic rings. The molecule has 0 spiro atoms. The van der Waals surface area contributed by atoms with Gasteiger partial charge >= 0.3 is 0 Å². The number of rotatable bonds is 10. The predicted molar refractivity (Wildman–Crippen MR) is 125 cm³/mol. The Morgan fingerprint density at radius 1 is 1.03 bits per heavy atom. The molecular weight excluding hydrogens is 375 g/mol. The van der Waals surface area contributed by atoms with E-state index in [2.05, 4.69) is 44.7 Å². The Kier molecular flexibility index (Phi) is 7.56. The molecule has 3 rings (SSSR count). The Hall–Kier alpha value is -2.05. The zero-order valence-corrected chi connectivity index (χ0v) is 18.6. The molecule has 154 valence electrons. The summed E-state index contributed by atoms with van der Waals surface area (Å²) in [6, 6.07) is 15.9. The van der Waals surface area contributed by atoms with Crippen LogP contribution in [0.3, 0.4) is 0 Å². The molecule has 1 heterocycles. The maximum absolute atomic E-state index is 13.9. The molecule has 0 radical (unpaired) electrons. The van der Waals surface area contributed by atoms with Gasteiger partial charge in [-0.3, -0.25) is 4.57 Å². The van der Waals surface area contributed by atoms with Gasteiger partial charge in [0.15, 0.2) is 0 Å². The highest BCUT2D eigenvalue weighted by molar-refractivity contribution is 7.67. The molecule has 0 amide bonds. The van der Waals surface area contributed by atoms with Crippen molar-refractivity contribution in [3.63, 3.8) is 0 Å². The van der Waals surface area contributed by atoms with Crippen LogP contribution in [0.25, 0.3) is 11.1 Å². The van der Waals surface area contributed by atoms with E-state index in [0.717, 1.165) is 54.3 Å². The Balaban J connectivity index is 1.66. The fourth-order valence-electron chi connectivity index (χ4n) is 4.09. The average molecular weight is 409 g/mol. The van der Waals surface area contributed by atoms with E-state index in [4.69, 9.17) is 4.52 Å². The number of hydrogen-bond donors (Lipinski definition) is 0. The van der Waals surface area contributed by atoms with Crippen molar-refractivity contribution in [3.8, 4) is 16.9 Å². The van der Waals surface area contributed by atoms with Crippen LogP contribution in [0.2, 0.25) is 0 Å². The lowest BCUT2D eigenvalue weighted by molar-refractivity contribution is 0.413. The molecule has 2 nitrogen and oxygen atoms in total. The predicted octanol–water partition coefficient (Wildman–Crippen LogP) is 7.61. The summed E-state index contributed by atoms with van der Waals surface area (Å²) in [6.45, 7) is 8.45. The van der Waals surface area contributed by atoms with Gasteiger partial charge in [0, 0.05) is 11.7 Å². The summed E-state index contributed by atoms with van der Waals surface area (Å²) in [5.41, 5.74) is 2.09. The molecule has 1 aliphatic rings. The van der Waals surface area contributed by atoms with Crippen molar-refractivity contribution in [1.82, 2.24) is 0 Å². The van der Waals surface area contributed by atoms with Gasteiger partial charge in [-0.25, -0.2) is 0 Å². The summed E-state index contributed by atoms with van der Waals surface area (Å²) in [7, 11) is -2.91. The minimum Gasteiger partial charge on any atom is -0.439 e. The molecule has 0 aliphatic carbocycles. The van der Waals surface area contributed by atoms with E-state index in [1.165, 1.54) is 0 Å². The second kappa shape index (κ2) is 10.1. The van der Waals surface area contributed by atoms with Gasteiger partial charge in [0.05, 0.1) is 5.30 Å². The topological polar surface area (TPSA) is 26.3 Å². The fraction of sp³-hybridized carbons (Fsp3) is 0.385. The maximum Gasteiger partial charge on any atom is 0.277 e. The molecule has 0 saturated carbocycles. The highest BCUT2D eigenvalue weighted by atomic mass is 31.2. The van der Waals surface area contributed by atoms with Crippen LogP contribution in [0.5, 0.6) is 5.75 Å². The molecular formula is C26H33O2P. The number of hydrogen-bond acceptors (Lipinski definition) is 2. The van der Waals surface area contributed by atoms with Crippen LogP contribution >= 0.6 is 7.37 Å². The van der Waals surface area contributed by atoms with Crippen molar-refractivity contribution < 1.29 is 9.09 Å². The van der Waals surface area contributed by atoms with E-state index in [9.17, 15) is 4.57 Å². The average Bonchev–Trinajstić information content (AvgIpc) is 2.75. The summed E-state index contributed by atoms with van der Waals surface area (Å²) >= 11 is 0. The highest BCUT2D eigenvalue weighted by Crippen LogP contribution is 2.55. The molecule has 3 heteroatoms. The second-order valence-electron chi connectivity index (χ2n) is 8.08. The van der Waals surface area contributed by atoms with Crippen LogP contribution in [-0.4, -0.2) is 6.16 Å². The molecule has 0 bridgehead atoms. The van der Waals surface area contributed by atoms with Gasteiger partial charge < -0.3 is 4.52 Å². The summed E-state index contributed by atoms with van der Waals surface area (Å²) in [5, 5.41) is 0.871.